The van der Waals surface area contributed by atoms with Gasteiger partial charge in [-0.25, -0.2) is 0 Å². The summed E-state index contributed by atoms with van der Waals surface area (Å²) in [4.78, 5) is 0. The second-order valence-corrected chi connectivity index (χ2v) is 6.54. The molecule has 0 saturated carbocycles. The van der Waals surface area contributed by atoms with Crippen LogP contribution in [0.4, 0.5) is 0 Å². The van der Waals surface area contributed by atoms with Crippen LogP contribution in [-0.2, 0) is 0 Å². The Labute approximate surface area is 65.9 Å². The average Bonchev–Trinajstić information content (AvgIpc) is 1.69. The van der Waals surface area contributed by atoms with Gasteiger partial charge in [0.25, 0.3) is 0 Å². The van der Waals surface area contributed by atoms with Crippen LogP contribution >= 0.6 is 0 Å². The predicted molar refractivity (Wildman–Crippen MR) is 20.3 cm³/mol. The van der Waals surface area contributed by atoms with Crippen LogP contribution in [0.1, 0.15) is 0 Å². The fourth-order valence-corrected chi connectivity index (χ4v) is 3.59. The van der Waals surface area contributed by atoms with Crippen LogP contribution in [0, 0.1) is 0 Å². The first-order valence-electron chi connectivity index (χ1n) is 1.72. The van der Waals surface area contributed by atoms with E-state index in [1.165, 1.54) is 0 Å². The molecule has 0 aliphatic rings. The van der Waals surface area contributed by atoms with Gasteiger partial charge >= 0.3 is 66.3 Å². The predicted octanol–water partition coefficient (Wildman–Crippen LogP) is -7.21. The van der Waals surface area contributed by atoms with Gasteiger partial charge in [0.2, 0.25) is 0 Å². The zero-order valence-electron chi connectivity index (χ0n) is 4.20. The second-order valence-electron chi connectivity index (χ2n) is 0.611. The molecule has 0 radical (unpaired) electrons. The van der Waals surface area contributed by atoms with Crippen molar-refractivity contribution in [3.8, 4) is 0 Å². The molecule has 0 rings (SSSR count). The molecule has 0 saturated heterocycles. The molecule has 0 aromatic heterocycles. The molecular weight excluding hydrogens is 322 g/mol. The summed E-state index contributed by atoms with van der Waals surface area (Å²) in [5.41, 5.74) is 0. The van der Waals surface area contributed by atoms with Gasteiger partial charge in [-0.15, -0.1) is 0 Å². The van der Waals surface area contributed by atoms with Crippen LogP contribution in [0.15, 0.2) is 0 Å². The summed E-state index contributed by atoms with van der Waals surface area (Å²) in [7, 11) is 3.88. The van der Waals surface area contributed by atoms with Gasteiger partial charge < -0.3 is 0 Å². The van der Waals surface area contributed by atoms with Crippen molar-refractivity contribution in [1.82, 2.24) is 7.06 Å². The van der Waals surface area contributed by atoms with Crippen molar-refractivity contribution in [2.24, 2.45) is 0 Å². The van der Waals surface area contributed by atoms with E-state index in [2.05, 4.69) is 8.46 Å². The summed E-state index contributed by atoms with van der Waals surface area (Å²) in [5, 5.41) is 0. The van der Waals surface area contributed by atoms with E-state index in [-0.39, 0.29) is 43.8 Å². The summed E-state index contributed by atoms with van der Waals surface area (Å²) in [5.74, 6) is 0. The van der Waals surface area contributed by atoms with Crippen molar-refractivity contribution < 1.29 is 45.2 Å². The van der Waals surface area contributed by atoms with Crippen molar-refractivity contribution in [3.05, 3.63) is 0 Å². The molecule has 7 heavy (non-hydrogen) atoms. The molecule has 0 unspecified atom stereocenters. The maximum absolute atomic E-state index is 4.21. The Bertz CT molecular complexity index is 32.9. The van der Waals surface area contributed by atoms with Gasteiger partial charge in [-0.05, 0) is 0 Å². The Morgan fingerprint density at radius 3 is 1.86 bits per heavy atom. The Morgan fingerprint density at radius 1 is 1.14 bits per heavy atom. The van der Waals surface area contributed by atoms with E-state index in [1.54, 1.807) is 0 Å². The Balaban J connectivity index is 2.45. The van der Waals surface area contributed by atoms with E-state index in [4.69, 9.17) is 0 Å². The zero-order chi connectivity index (χ0) is 5.54. The number of nitrogens with one attached hydrogen (secondary N) is 2. The van der Waals surface area contributed by atoms with E-state index in [9.17, 15) is 0 Å². The molecule has 5 heteroatoms. The molecule has 3 N–H and O–H groups in total. The molecule has 48 valence electrons. The van der Waals surface area contributed by atoms with E-state index in [0.29, 0.717) is 0 Å². The number of hydrogen-bond donors (Lipinski definition) is 2. The van der Waals surface area contributed by atoms with Crippen LogP contribution < -0.4 is 50.8 Å². The van der Waals surface area contributed by atoms with Gasteiger partial charge in [-0.2, -0.15) is 0 Å². The summed E-state index contributed by atoms with van der Waals surface area (Å²) in [6.07, 6.45) is 0. The third-order valence-corrected chi connectivity index (χ3v) is 4.01. The molecule has 0 aromatic rings. The molecule has 0 amide bonds. The third kappa shape index (κ3) is 7.34. The first kappa shape index (κ1) is 8.34. The molecule has 0 aliphatic heterocycles. The Kier molecular flexibility index (Phi) is 8.75. The van der Waals surface area contributed by atoms with Crippen LogP contribution in [-0.4, -0.2) is 15.5 Å². The summed E-state index contributed by atoms with van der Waals surface area (Å²) in [6.45, 7) is 0. The molecule has 0 bridgehead atoms. The number of hydrogen-bond acceptors (Lipinski definition) is 2. The van der Waals surface area contributed by atoms with Crippen LogP contribution in [0.5, 0.6) is 0 Å². The molecule has 0 atom stereocenters. The van der Waals surface area contributed by atoms with Crippen LogP contribution in [0.3, 0.4) is 0 Å². The first-order chi connectivity index (χ1) is 3.41. The molecule has 0 aromatic carbocycles. The van der Waals surface area contributed by atoms with E-state index in [0.717, 1.165) is 0 Å². The monoisotopic (exact) mass is 331 g/mol. The van der Waals surface area contributed by atoms with Gasteiger partial charge in [0, 0.05) is 0 Å². The molecule has 0 aliphatic carbocycles. The summed E-state index contributed by atoms with van der Waals surface area (Å²) in [6, 6.07) is 0. The van der Waals surface area contributed by atoms with Crippen molar-refractivity contribution in [1.29, 1.82) is 0 Å². The fourth-order valence-electron chi connectivity index (χ4n) is 0.0799. The van der Waals surface area contributed by atoms with Crippen LogP contribution in [0.2, 0.25) is 0 Å². The topological polar surface area (TPSA) is 36.9 Å². The van der Waals surface area contributed by atoms with Gasteiger partial charge in [-0.1, -0.05) is 0 Å². The molecule has 0 heterocycles. The minimum absolute atomic E-state index is 0.0170. The normalized spacial score (nSPS) is 10.6. The van der Waals surface area contributed by atoms with Gasteiger partial charge in [0.05, 0.1) is 0 Å². The van der Waals surface area contributed by atoms with Crippen molar-refractivity contribution >= 4 is 0 Å². The van der Waals surface area contributed by atoms with Gasteiger partial charge in [0.1, 0.15) is 0 Å². The number of halogens is 2. The zero-order valence-corrected chi connectivity index (χ0v) is 8.52. The average molecular weight is 331 g/mol. The maximum atomic E-state index is 4.21. The molecule has 0 fully saturated rings. The van der Waals surface area contributed by atoms with Crippen molar-refractivity contribution in [2.75, 3.05) is 14.1 Å². The van der Waals surface area contributed by atoms with Crippen molar-refractivity contribution in [2.45, 2.75) is 0 Å². The number of rotatable bonds is 4. The van der Waals surface area contributed by atoms with Gasteiger partial charge in [0.15, 0.2) is 0 Å². The van der Waals surface area contributed by atoms with E-state index < -0.39 is 0 Å². The molecule has 3 nitrogen and oxygen atoms in total. The summed E-state index contributed by atoms with van der Waals surface area (Å²) >= 11 is -0.0341. The van der Waals surface area contributed by atoms with E-state index >= 15 is 0 Å². The SMILES string of the molecule is CN[I-][OH+][I-]NC. The summed E-state index contributed by atoms with van der Waals surface area (Å²) < 4.78 is 10.3. The van der Waals surface area contributed by atoms with Crippen LogP contribution in [0.25, 0.3) is 0 Å². The van der Waals surface area contributed by atoms with Crippen molar-refractivity contribution in [3.63, 3.8) is 0 Å². The Hall–Kier alpha value is 1.34. The third-order valence-electron chi connectivity index (χ3n) is 0.233. The molecular formula is C2H9I2N2O-. The fraction of sp³-hybridized carbons (Fsp3) is 1.00. The second kappa shape index (κ2) is 7.34. The minimum atomic E-state index is -0.0170. The quantitative estimate of drug-likeness (QED) is 0.233. The first-order valence-corrected chi connectivity index (χ1v) is 5.80. The standard InChI is InChI=1S/C2H9I2N2O/c1-5-3-7-4-6-2/h5-7H,1-2H3/q-1. The molecule has 0 spiro atoms. The Morgan fingerprint density at radius 2 is 1.57 bits per heavy atom. The van der Waals surface area contributed by atoms with E-state index in [1.807, 2.05) is 14.1 Å². The van der Waals surface area contributed by atoms with Gasteiger partial charge in [-0.3, -0.25) is 0 Å².